The van der Waals surface area contributed by atoms with Gasteiger partial charge in [-0.3, -0.25) is 0 Å². The summed E-state index contributed by atoms with van der Waals surface area (Å²) in [4.78, 5) is 12.3. The molecule has 0 saturated heterocycles. The van der Waals surface area contributed by atoms with Gasteiger partial charge in [0.2, 0.25) is 0 Å². The van der Waals surface area contributed by atoms with Crippen LogP contribution in [0.25, 0.3) is 0 Å². The average molecular weight is 385 g/mol. The van der Waals surface area contributed by atoms with Gasteiger partial charge in [0.25, 0.3) is 0 Å². The molecule has 6 heteroatoms. The molecule has 0 aromatic heterocycles. The van der Waals surface area contributed by atoms with E-state index in [2.05, 4.69) is 16.6 Å². The topological polar surface area (TPSA) is 59.6 Å². The number of fused-ring (bicyclic) bond motifs is 1. The zero-order valence-electron chi connectivity index (χ0n) is 15.0. The number of carbonyl (C=O) groups is 1. The van der Waals surface area contributed by atoms with Gasteiger partial charge in [-0.25, -0.2) is 4.79 Å². The molecule has 0 radical (unpaired) electrons. The molecule has 2 N–H and O–H groups in total. The Morgan fingerprint density at radius 1 is 1.33 bits per heavy atom. The van der Waals surface area contributed by atoms with Crippen LogP contribution in [0.3, 0.4) is 0 Å². The predicted molar refractivity (Wildman–Crippen MR) is 105 cm³/mol. The minimum atomic E-state index is -0.227. The van der Waals surface area contributed by atoms with E-state index in [9.17, 15) is 4.79 Å². The number of terminal acetylenes is 1. The van der Waals surface area contributed by atoms with Crippen LogP contribution in [0.2, 0.25) is 5.02 Å². The third-order valence-electron chi connectivity index (χ3n) is 4.51. The van der Waals surface area contributed by atoms with Crippen molar-refractivity contribution in [2.75, 3.05) is 13.7 Å². The van der Waals surface area contributed by atoms with E-state index >= 15 is 0 Å². The molecule has 0 fully saturated rings. The van der Waals surface area contributed by atoms with Crippen LogP contribution in [0, 0.1) is 12.3 Å². The Morgan fingerprint density at radius 2 is 2.19 bits per heavy atom. The Balaban J connectivity index is 1.59. The molecule has 2 aromatic rings. The molecular formula is C21H21ClN2O3. The lowest BCUT2D eigenvalue weighted by atomic mass is 10.1. The highest BCUT2D eigenvalue weighted by Gasteiger charge is 2.25. The fraction of sp³-hybridized carbons (Fsp3) is 0.286. The highest BCUT2D eigenvalue weighted by atomic mass is 35.5. The van der Waals surface area contributed by atoms with E-state index in [1.165, 1.54) is 0 Å². The minimum absolute atomic E-state index is 0.0240. The van der Waals surface area contributed by atoms with Crippen LogP contribution in [0.5, 0.6) is 11.5 Å². The van der Waals surface area contributed by atoms with Gasteiger partial charge in [0.15, 0.2) is 11.5 Å². The molecule has 1 aliphatic rings. The van der Waals surface area contributed by atoms with Crippen LogP contribution in [0.4, 0.5) is 4.79 Å². The molecule has 3 rings (SSSR count). The van der Waals surface area contributed by atoms with Gasteiger partial charge >= 0.3 is 6.03 Å². The summed E-state index contributed by atoms with van der Waals surface area (Å²) in [5.41, 5.74) is 3.09. The summed E-state index contributed by atoms with van der Waals surface area (Å²) in [5, 5.41) is 6.64. The molecule has 0 saturated carbocycles. The Morgan fingerprint density at radius 3 is 2.96 bits per heavy atom. The van der Waals surface area contributed by atoms with Gasteiger partial charge in [0.1, 0.15) is 6.61 Å². The van der Waals surface area contributed by atoms with Crippen LogP contribution in [-0.4, -0.2) is 19.7 Å². The molecule has 2 aromatic carbocycles. The first-order chi connectivity index (χ1) is 13.1. The normalized spacial score (nSPS) is 14.8. The summed E-state index contributed by atoms with van der Waals surface area (Å²) in [5.74, 6) is 3.57. The van der Waals surface area contributed by atoms with Gasteiger partial charge in [-0.2, -0.15) is 0 Å². The van der Waals surface area contributed by atoms with Crippen LogP contribution < -0.4 is 20.1 Å². The van der Waals surface area contributed by atoms with Crippen molar-refractivity contribution in [1.29, 1.82) is 0 Å². The number of benzene rings is 2. The summed E-state index contributed by atoms with van der Waals surface area (Å²) in [6.07, 6.45) is 6.95. The van der Waals surface area contributed by atoms with Gasteiger partial charge < -0.3 is 20.1 Å². The van der Waals surface area contributed by atoms with Crippen molar-refractivity contribution in [3.63, 3.8) is 0 Å². The van der Waals surface area contributed by atoms with Crippen molar-refractivity contribution in [2.45, 2.75) is 25.4 Å². The van der Waals surface area contributed by atoms with Crippen molar-refractivity contribution < 1.29 is 14.3 Å². The lowest BCUT2D eigenvalue weighted by Gasteiger charge is -2.16. The fourth-order valence-electron chi connectivity index (χ4n) is 3.21. The van der Waals surface area contributed by atoms with E-state index in [0.717, 1.165) is 34.6 Å². The third-order valence-corrected chi connectivity index (χ3v) is 4.87. The van der Waals surface area contributed by atoms with Crippen LogP contribution >= 0.6 is 11.6 Å². The molecular weight excluding hydrogens is 364 g/mol. The van der Waals surface area contributed by atoms with Crippen molar-refractivity contribution in [2.24, 2.45) is 0 Å². The molecule has 140 valence electrons. The Hall–Kier alpha value is -2.84. The fourth-order valence-corrected chi connectivity index (χ4v) is 3.49. The van der Waals surface area contributed by atoms with Gasteiger partial charge in [0, 0.05) is 11.6 Å². The second kappa shape index (κ2) is 8.70. The molecule has 0 aliphatic heterocycles. The second-order valence-electron chi connectivity index (χ2n) is 6.20. The van der Waals surface area contributed by atoms with Crippen molar-refractivity contribution in [3.05, 3.63) is 58.1 Å². The molecule has 1 atom stereocenters. The van der Waals surface area contributed by atoms with Crippen molar-refractivity contribution in [1.82, 2.24) is 10.6 Å². The number of halogens is 1. The number of hydrogen-bond donors (Lipinski definition) is 2. The summed E-state index contributed by atoms with van der Waals surface area (Å²) in [6, 6.07) is 11.0. The lowest BCUT2D eigenvalue weighted by Crippen LogP contribution is -2.36. The summed E-state index contributed by atoms with van der Waals surface area (Å²) in [7, 11) is 1.56. The van der Waals surface area contributed by atoms with E-state index < -0.39 is 0 Å². The van der Waals surface area contributed by atoms with Crippen molar-refractivity contribution in [3.8, 4) is 23.8 Å². The first-order valence-corrected chi connectivity index (χ1v) is 9.05. The number of hydrogen-bond acceptors (Lipinski definition) is 3. The standard InChI is InChI=1S/C21H21ClN2O3/c1-3-11-27-20-12-14(7-10-19(20)26-2)13-23-21(25)24-18-9-8-15-16(18)5-4-6-17(15)22/h1,4-7,10,12,18H,8-9,11,13H2,2H3,(H2,23,24,25). The van der Waals surface area contributed by atoms with Crippen molar-refractivity contribution >= 4 is 17.6 Å². The maximum absolute atomic E-state index is 12.3. The Bertz CT molecular complexity index is 876. The number of methoxy groups -OCH3 is 1. The zero-order chi connectivity index (χ0) is 19.2. The van der Waals surface area contributed by atoms with E-state index in [0.29, 0.717) is 18.0 Å². The van der Waals surface area contributed by atoms with E-state index in [1.54, 1.807) is 19.2 Å². The third kappa shape index (κ3) is 4.47. The van der Waals surface area contributed by atoms with Gasteiger partial charge in [-0.05, 0) is 47.7 Å². The molecule has 2 amide bonds. The number of rotatable bonds is 6. The minimum Gasteiger partial charge on any atom is -0.493 e. The maximum Gasteiger partial charge on any atom is 0.315 e. The molecule has 5 nitrogen and oxygen atoms in total. The Kier molecular flexibility index (Phi) is 6.10. The summed E-state index contributed by atoms with van der Waals surface area (Å²) in [6.45, 7) is 0.509. The SMILES string of the molecule is C#CCOc1cc(CNC(=O)NC2CCc3c(Cl)cccc32)ccc1OC. The summed E-state index contributed by atoms with van der Waals surface area (Å²) >= 11 is 6.23. The Labute approximate surface area is 164 Å². The summed E-state index contributed by atoms with van der Waals surface area (Å²) < 4.78 is 10.7. The number of nitrogens with one attached hydrogen (secondary N) is 2. The molecule has 0 bridgehead atoms. The van der Waals surface area contributed by atoms with E-state index in [1.807, 2.05) is 24.3 Å². The average Bonchev–Trinajstić information content (AvgIpc) is 3.09. The van der Waals surface area contributed by atoms with Crippen LogP contribution in [0.15, 0.2) is 36.4 Å². The maximum atomic E-state index is 12.3. The quantitative estimate of drug-likeness (QED) is 0.744. The van der Waals surface area contributed by atoms with Gasteiger partial charge in [-0.1, -0.05) is 35.7 Å². The first-order valence-electron chi connectivity index (χ1n) is 8.67. The second-order valence-corrected chi connectivity index (χ2v) is 6.61. The van der Waals surface area contributed by atoms with E-state index in [4.69, 9.17) is 27.5 Å². The molecule has 1 unspecified atom stereocenters. The number of ether oxygens (including phenoxy) is 2. The first kappa shape index (κ1) is 18.9. The van der Waals surface area contributed by atoms with E-state index in [-0.39, 0.29) is 18.7 Å². The lowest BCUT2D eigenvalue weighted by molar-refractivity contribution is 0.236. The number of amides is 2. The number of urea groups is 1. The largest absolute Gasteiger partial charge is 0.493 e. The monoisotopic (exact) mass is 384 g/mol. The van der Waals surface area contributed by atoms with Crippen LogP contribution in [-0.2, 0) is 13.0 Å². The molecule has 27 heavy (non-hydrogen) atoms. The highest BCUT2D eigenvalue weighted by Crippen LogP contribution is 2.35. The van der Waals surface area contributed by atoms with Gasteiger partial charge in [0.05, 0.1) is 13.2 Å². The zero-order valence-corrected chi connectivity index (χ0v) is 15.8. The highest BCUT2D eigenvalue weighted by molar-refractivity contribution is 6.31. The molecule has 1 aliphatic carbocycles. The van der Waals surface area contributed by atoms with Gasteiger partial charge in [-0.15, -0.1) is 6.42 Å². The molecule has 0 heterocycles. The smallest absolute Gasteiger partial charge is 0.315 e. The number of carbonyl (C=O) groups excluding carboxylic acids is 1. The molecule has 0 spiro atoms. The van der Waals surface area contributed by atoms with Crippen LogP contribution in [0.1, 0.15) is 29.2 Å². The predicted octanol–water partition coefficient (Wildman–Crippen LogP) is 3.85.